The second-order valence-electron chi connectivity index (χ2n) is 8.04. The molecule has 1 aromatic rings. The maximum atomic E-state index is 13.0. The van der Waals surface area contributed by atoms with Gasteiger partial charge in [0.15, 0.2) is 0 Å². The highest BCUT2D eigenvalue weighted by Gasteiger charge is 2.13. The molecule has 5 nitrogen and oxygen atoms in total. The highest BCUT2D eigenvalue weighted by molar-refractivity contribution is 5.94. The number of pyridine rings is 1. The number of hydrogen-bond acceptors (Lipinski definition) is 4. The van der Waals surface area contributed by atoms with Crippen LogP contribution in [0.15, 0.2) is 71.8 Å². The van der Waals surface area contributed by atoms with Crippen molar-refractivity contribution < 1.29 is 9.18 Å². The number of aromatic nitrogens is 1. The molecule has 0 aromatic carbocycles. The van der Waals surface area contributed by atoms with Crippen molar-refractivity contribution in [3.8, 4) is 0 Å². The van der Waals surface area contributed by atoms with Gasteiger partial charge in [0.05, 0.1) is 5.70 Å². The van der Waals surface area contributed by atoms with Crippen LogP contribution in [0.3, 0.4) is 0 Å². The van der Waals surface area contributed by atoms with Gasteiger partial charge in [0.25, 0.3) is 5.91 Å². The highest BCUT2D eigenvalue weighted by Crippen LogP contribution is 2.17. The second-order valence-corrected chi connectivity index (χ2v) is 8.04. The number of likely N-dealkylation sites (tertiary alicyclic amines) is 1. The van der Waals surface area contributed by atoms with Crippen LogP contribution in [0.5, 0.6) is 0 Å². The summed E-state index contributed by atoms with van der Waals surface area (Å²) in [7, 11) is 1.80. The Morgan fingerprint density at radius 3 is 2.78 bits per heavy atom. The minimum atomic E-state index is -0.623. The van der Waals surface area contributed by atoms with E-state index in [4.69, 9.17) is 0 Å². The van der Waals surface area contributed by atoms with Gasteiger partial charge in [-0.3, -0.25) is 14.8 Å². The average Bonchev–Trinajstić information content (AvgIpc) is 3.31. The smallest absolute Gasteiger partial charge is 0.251 e. The predicted molar refractivity (Wildman–Crippen MR) is 131 cm³/mol. The first-order valence-corrected chi connectivity index (χ1v) is 11.3. The third kappa shape index (κ3) is 8.25. The van der Waals surface area contributed by atoms with E-state index < -0.39 is 5.83 Å². The standard InChI is InChI=1S/C26H35FN4O/c1-5-9-22(10-8-11-25(19-28-4)31-14-6-7-15-31)16-24-17-23(12-13-29-24)26(32)30-18-20(2)21(3)27/h8,10-13,17,19,22H,2-3,5-7,9,14-16,18H2,1,4H3,(H,30,32)/b10-8+,25-11+,28-19-. The summed E-state index contributed by atoms with van der Waals surface area (Å²) in [4.78, 5) is 23.4. The van der Waals surface area contributed by atoms with Gasteiger partial charge < -0.3 is 10.2 Å². The van der Waals surface area contributed by atoms with E-state index in [0.29, 0.717) is 11.5 Å². The summed E-state index contributed by atoms with van der Waals surface area (Å²) < 4.78 is 13.0. The lowest BCUT2D eigenvalue weighted by Gasteiger charge is -2.17. The molecule has 0 radical (unpaired) electrons. The van der Waals surface area contributed by atoms with E-state index in [1.165, 1.54) is 12.8 Å². The van der Waals surface area contributed by atoms with Crippen LogP contribution in [-0.2, 0) is 6.42 Å². The average molecular weight is 439 g/mol. The van der Waals surface area contributed by atoms with Gasteiger partial charge in [0.2, 0.25) is 0 Å². The van der Waals surface area contributed by atoms with Gasteiger partial charge in [-0.1, -0.05) is 38.7 Å². The van der Waals surface area contributed by atoms with Crippen molar-refractivity contribution in [1.82, 2.24) is 15.2 Å². The minimum absolute atomic E-state index is 0.0275. The molecule has 0 saturated carbocycles. The maximum Gasteiger partial charge on any atom is 0.251 e. The van der Waals surface area contributed by atoms with Gasteiger partial charge in [-0.2, -0.15) is 0 Å². The van der Waals surface area contributed by atoms with Crippen molar-refractivity contribution >= 4 is 12.1 Å². The van der Waals surface area contributed by atoms with Crippen LogP contribution >= 0.6 is 0 Å². The fourth-order valence-electron chi connectivity index (χ4n) is 3.67. The molecule has 2 heterocycles. The summed E-state index contributed by atoms with van der Waals surface area (Å²) in [5.41, 5.74) is 2.66. The first-order chi connectivity index (χ1) is 15.4. The number of nitrogens with zero attached hydrogens (tertiary/aromatic N) is 3. The third-order valence-electron chi connectivity index (χ3n) is 5.44. The molecule has 1 saturated heterocycles. The van der Waals surface area contributed by atoms with Crippen LogP contribution in [-0.4, -0.2) is 48.7 Å². The molecule has 0 bridgehead atoms. The Kier molecular flexibility index (Phi) is 10.6. The maximum absolute atomic E-state index is 13.0. The monoisotopic (exact) mass is 438 g/mol. The lowest BCUT2D eigenvalue weighted by atomic mass is 9.96. The first-order valence-electron chi connectivity index (χ1n) is 11.3. The van der Waals surface area contributed by atoms with E-state index >= 15 is 0 Å². The number of carbonyl (C=O) groups excluding carboxylic acids is 1. The summed E-state index contributed by atoms with van der Waals surface area (Å²) >= 11 is 0. The van der Waals surface area contributed by atoms with E-state index in [2.05, 4.69) is 58.5 Å². The van der Waals surface area contributed by atoms with Gasteiger partial charge in [-0.15, -0.1) is 0 Å². The van der Waals surface area contributed by atoms with Crippen molar-refractivity contribution in [1.29, 1.82) is 0 Å². The Bertz CT molecular complexity index is 882. The zero-order valence-electron chi connectivity index (χ0n) is 19.3. The SMILES string of the molecule is C=C(F)C(=C)CNC(=O)c1ccnc(CC(/C=C/C=C(\C=N/C)N2CCCC2)CCC)c1. The number of carbonyl (C=O) groups is 1. The molecule has 172 valence electrons. The van der Waals surface area contributed by atoms with Gasteiger partial charge in [-0.25, -0.2) is 4.39 Å². The fourth-order valence-corrected chi connectivity index (χ4v) is 3.67. The zero-order chi connectivity index (χ0) is 23.3. The Morgan fingerprint density at radius 1 is 1.38 bits per heavy atom. The van der Waals surface area contributed by atoms with Crippen LogP contribution in [0, 0.1) is 5.92 Å². The summed E-state index contributed by atoms with van der Waals surface area (Å²) in [6.07, 6.45) is 15.3. The third-order valence-corrected chi connectivity index (χ3v) is 5.44. The quantitative estimate of drug-likeness (QED) is 0.367. The summed E-state index contributed by atoms with van der Waals surface area (Å²) in [5.74, 6) is -0.590. The van der Waals surface area contributed by atoms with Crippen LogP contribution in [0.4, 0.5) is 4.39 Å². The van der Waals surface area contributed by atoms with Crippen LogP contribution in [0.2, 0.25) is 0 Å². The summed E-state index contributed by atoms with van der Waals surface area (Å²) in [6, 6.07) is 3.46. The summed E-state index contributed by atoms with van der Waals surface area (Å²) in [5, 5.41) is 2.67. The second kappa shape index (κ2) is 13.4. The molecule has 1 aliphatic heterocycles. The van der Waals surface area contributed by atoms with E-state index in [-0.39, 0.29) is 18.0 Å². The molecular formula is C26H35FN4O. The highest BCUT2D eigenvalue weighted by atomic mass is 19.1. The van der Waals surface area contributed by atoms with Crippen molar-refractivity contribution in [3.05, 3.63) is 78.1 Å². The Balaban J connectivity index is 2.05. The van der Waals surface area contributed by atoms with Gasteiger partial charge in [0, 0.05) is 50.4 Å². The molecule has 32 heavy (non-hydrogen) atoms. The number of halogens is 1. The molecule has 1 aromatic heterocycles. The van der Waals surface area contributed by atoms with Crippen molar-refractivity contribution in [2.24, 2.45) is 10.9 Å². The summed E-state index contributed by atoms with van der Waals surface area (Å²) in [6.45, 7) is 11.1. The zero-order valence-corrected chi connectivity index (χ0v) is 19.3. The Hall–Kier alpha value is -3.02. The minimum Gasteiger partial charge on any atom is -0.370 e. The van der Waals surface area contributed by atoms with Crippen molar-refractivity contribution in [3.63, 3.8) is 0 Å². The number of nitrogens with one attached hydrogen (secondary N) is 1. The molecule has 0 aliphatic carbocycles. The molecule has 2 rings (SSSR count). The number of aliphatic imine (C=N–C) groups is 1. The van der Waals surface area contributed by atoms with Crippen LogP contribution in [0.1, 0.15) is 48.7 Å². The largest absolute Gasteiger partial charge is 0.370 e. The normalized spacial score (nSPS) is 15.5. The Morgan fingerprint density at radius 2 is 2.12 bits per heavy atom. The van der Waals surface area contributed by atoms with Crippen LogP contribution in [0.25, 0.3) is 0 Å². The Labute approximate surface area is 191 Å². The molecule has 0 spiro atoms. The fraction of sp³-hybridized carbons (Fsp3) is 0.423. The first kappa shape index (κ1) is 25.2. The molecule has 1 unspecified atom stereocenters. The van der Waals surface area contributed by atoms with E-state index in [9.17, 15) is 9.18 Å². The van der Waals surface area contributed by atoms with Gasteiger partial charge in [0.1, 0.15) is 5.83 Å². The number of amides is 1. The molecule has 1 N–H and O–H groups in total. The van der Waals surface area contributed by atoms with Crippen LogP contribution < -0.4 is 5.32 Å². The van der Waals surface area contributed by atoms with E-state index in [0.717, 1.165) is 43.7 Å². The molecule has 1 aliphatic rings. The lowest BCUT2D eigenvalue weighted by Crippen LogP contribution is -2.25. The van der Waals surface area contributed by atoms with Crippen molar-refractivity contribution in [2.75, 3.05) is 26.7 Å². The van der Waals surface area contributed by atoms with E-state index in [1.807, 2.05) is 6.21 Å². The molecule has 6 heteroatoms. The van der Waals surface area contributed by atoms with Gasteiger partial charge >= 0.3 is 0 Å². The number of allylic oxidation sites excluding steroid dienone is 4. The molecular weight excluding hydrogens is 403 g/mol. The number of hydrogen-bond donors (Lipinski definition) is 1. The molecule has 1 atom stereocenters. The number of rotatable bonds is 12. The topological polar surface area (TPSA) is 57.6 Å². The predicted octanol–water partition coefficient (Wildman–Crippen LogP) is 5.05. The molecule has 1 fully saturated rings. The lowest BCUT2D eigenvalue weighted by molar-refractivity contribution is 0.0957. The van der Waals surface area contributed by atoms with E-state index in [1.54, 1.807) is 25.4 Å². The van der Waals surface area contributed by atoms with Gasteiger partial charge in [-0.05, 0) is 55.4 Å². The van der Waals surface area contributed by atoms with Crippen molar-refractivity contribution in [2.45, 2.75) is 39.0 Å². The molecule has 1 amide bonds.